The summed E-state index contributed by atoms with van der Waals surface area (Å²) in [7, 11) is 1.79. The van der Waals surface area contributed by atoms with Gasteiger partial charge >= 0.3 is 0 Å². The SMILES string of the molecule is COC1(CNc2ncnc3c2cnn3C(C)(C)C)CCC1. The monoisotopic (exact) mass is 289 g/mol. The van der Waals surface area contributed by atoms with Gasteiger partial charge in [-0.25, -0.2) is 14.6 Å². The second-order valence-electron chi connectivity index (χ2n) is 6.78. The lowest BCUT2D eigenvalue weighted by molar-refractivity contribution is -0.0601. The third-order valence-electron chi connectivity index (χ3n) is 4.28. The number of nitrogens with zero attached hydrogens (tertiary/aromatic N) is 4. The Morgan fingerprint density at radius 1 is 1.33 bits per heavy atom. The van der Waals surface area contributed by atoms with E-state index in [1.807, 2.05) is 10.9 Å². The molecule has 2 aromatic heterocycles. The molecule has 1 fully saturated rings. The van der Waals surface area contributed by atoms with E-state index in [0.29, 0.717) is 0 Å². The summed E-state index contributed by atoms with van der Waals surface area (Å²) in [5, 5.41) is 8.84. The van der Waals surface area contributed by atoms with Crippen LogP contribution < -0.4 is 5.32 Å². The van der Waals surface area contributed by atoms with Gasteiger partial charge in [-0.15, -0.1) is 0 Å². The number of ether oxygens (including phenoxy) is 1. The Bertz CT molecular complexity index is 634. The predicted octanol–water partition coefficient (Wildman–Crippen LogP) is 2.56. The average Bonchev–Trinajstić information content (AvgIpc) is 2.82. The molecule has 0 saturated heterocycles. The zero-order chi connectivity index (χ0) is 15.1. The molecule has 3 rings (SSSR count). The molecule has 0 bridgehead atoms. The number of hydrogen-bond acceptors (Lipinski definition) is 5. The summed E-state index contributed by atoms with van der Waals surface area (Å²) in [5.41, 5.74) is 0.729. The number of anilines is 1. The van der Waals surface area contributed by atoms with Gasteiger partial charge in [-0.3, -0.25) is 0 Å². The fraction of sp³-hybridized carbons (Fsp3) is 0.667. The standard InChI is InChI=1S/C15H23N5O/c1-14(2,3)20-13-11(8-19-20)12(17-10-18-13)16-9-15(21-4)6-5-7-15/h8,10H,5-7,9H2,1-4H3,(H,16,17,18). The number of nitrogens with one attached hydrogen (secondary N) is 1. The minimum absolute atomic E-state index is 0.0305. The van der Waals surface area contributed by atoms with Crippen LogP contribution in [0.1, 0.15) is 40.0 Å². The molecule has 6 heteroatoms. The Morgan fingerprint density at radius 3 is 2.67 bits per heavy atom. The van der Waals surface area contributed by atoms with E-state index in [1.165, 1.54) is 6.42 Å². The van der Waals surface area contributed by atoms with E-state index in [0.717, 1.165) is 36.2 Å². The van der Waals surface area contributed by atoms with Gasteiger partial charge in [-0.2, -0.15) is 5.10 Å². The molecular weight excluding hydrogens is 266 g/mol. The predicted molar refractivity (Wildman–Crippen MR) is 82.4 cm³/mol. The molecule has 0 radical (unpaired) electrons. The van der Waals surface area contributed by atoms with E-state index >= 15 is 0 Å². The van der Waals surface area contributed by atoms with E-state index < -0.39 is 0 Å². The number of hydrogen-bond donors (Lipinski definition) is 1. The Hall–Kier alpha value is -1.69. The van der Waals surface area contributed by atoms with Gasteiger partial charge in [-0.1, -0.05) is 0 Å². The highest BCUT2D eigenvalue weighted by molar-refractivity contribution is 5.86. The molecule has 114 valence electrons. The Balaban J connectivity index is 1.88. The van der Waals surface area contributed by atoms with Crippen molar-refractivity contribution in [2.75, 3.05) is 19.0 Å². The summed E-state index contributed by atoms with van der Waals surface area (Å²) < 4.78 is 7.58. The lowest BCUT2D eigenvalue weighted by atomic mass is 9.80. The highest BCUT2D eigenvalue weighted by atomic mass is 16.5. The smallest absolute Gasteiger partial charge is 0.163 e. The molecule has 0 aliphatic heterocycles. The molecule has 2 heterocycles. The van der Waals surface area contributed by atoms with Gasteiger partial charge in [0.05, 0.1) is 22.7 Å². The fourth-order valence-electron chi connectivity index (χ4n) is 2.74. The maximum atomic E-state index is 5.64. The summed E-state index contributed by atoms with van der Waals surface area (Å²) in [6.07, 6.45) is 6.87. The van der Waals surface area contributed by atoms with Crippen molar-refractivity contribution in [2.24, 2.45) is 0 Å². The van der Waals surface area contributed by atoms with Crippen LogP contribution in [0.25, 0.3) is 11.0 Å². The van der Waals surface area contributed by atoms with E-state index in [2.05, 4.69) is 41.2 Å². The van der Waals surface area contributed by atoms with Crippen LogP contribution in [0.5, 0.6) is 0 Å². The second kappa shape index (κ2) is 4.94. The largest absolute Gasteiger partial charge is 0.376 e. The maximum Gasteiger partial charge on any atom is 0.163 e. The lowest BCUT2D eigenvalue weighted by Gasteiger charge is -2.40. The highest BCUT2D eigenvalue weighted by Crippen LogP contribution is 2.35. The van der Waals surface area contributed by atoms with Gasteiger partial charge in [0.25, 0.3) is 0 Å². The summed E-state index contributed by atoms with van der Waals surface area (Å²) in [6.45, 7) is 7.12. The van der Waals surface area contributed by atoms with Crippen LogP contribution in [0.15, 0.2) is 12.5 Å². The van der Waals surface area contributed by atoms with Crippen molar-refractivity contribution in [1.82, 2.24) is 19.7 Å². The average molecular weight is 289 g/mol. The first-order chi connectivity index (χ1) is 9.95. The lowest BCUT2D eigenvalue weighted by Crippen LogP contribution is -2.45. The summed E-state index contributed by atoms with van der Waals surface area (Å²) in [5.74, 6) is 0.832. The maximum absolute atomic E-state index is 5.64. The summed E-state index contributed by atoms with van der Waals surface area (Å²) in [6, 6.07) is 0. The van der Waals surface area contributed by atoms with Crippen molar-refractivity contribution in [3.05, 3.63) is 12.5 Å². The van der Waals surface area contributed by atoms with Crippen molar-refractivity contribution >= 4 is 16.9 Å². The highest BCUT2D eigenvalue weighted by Gasteiger charge is 2.37. The zero-order valence-electron chi connectivity index (χ0n) is 13.2. The first-order valence-electron chi connectivity index (χ1n) is 7.43. The molecule has 0 aromatic carbocycles. The number of rotatable bonds is 4. The van der Waals surface area contributed by atoms with Crippen LogP contribution in [0.4, 0.5) is 5.82 Å². The Kier molecular flexibility index (Phi) is 3.36. The van der Waals surface area contributed by atoms with Crippen LogP contribution in [0.2, 0.25) is 0 Å². The number of aromatic nitrogens is 4. The molecule has 0 amide bonds. The molecule has 1 N–H and O–H groups in total. The molecule has 0 atom stereocenters. The molecule has 1 aliphatic carbocycles. The van der Waals surface area contributed by atoms with Crippen molar-refractivity contribution in [3.8, 4) is 0 Å². The van der Waals surface area contributed by atoms with Crippen molar-refractivity contribution in [2.45, 2.75) is 51.2 Å². The van der Waals surface area contributed by atoms with Gasteiger partial charge in [0.15, 0.2) is 5.65 Å². The third-order valence-corrected chi connectivity index (χ3v) is 4.28. The quantitative estimate of drug-likeness (QED) is 0.937. The topological polar surface area (TPSA) is 64.9 Å². The van der Waals surface area contributed by atoms with Crippen molar-refractivity contribution < 1.29 is 4.74 Å². The van der Waals surface area contributed by atoms with Crippen LogP contribution in [-0.2, 0) is 10.3 Å². The van der Waals surface area contributed by atoms with Gasteiger partial charge in [0.1, 0.15) is 12.1 Å². The third kappa shape index (κ3) is 2.48. The minimum atomic E-state index is -0.102. The van der Waals surface area contributed by atoms with Crippen LogP contribution >= 0.6 is 0 Å². The van der Waals surface area contributed by atoms with Gasteiger partial charge in [0.2, 0.25) is 0 Å². The van der Waals surface area contributed by atoms with Gasteiger partial charge in [-0.05, 0) is 40.0 Å². The van der Waals surface area contributed by atoms with Crippen LogP contribution in [0, 0.1) is 0 Å². The molecule has 1 saturated carbocycles. The molecular formula is C15H23N5O. The van der Waals surface area contributed by atoms with Gasteiger partial charge < -0.3 is 10.1 Å². The summed E-state index contributed by atoms with van der Waals surface area (Å²) in [4.78, 5) is 8.75. The summed E-state index contributed by atoms with van der Waals surface area (Å²) >= 11 is 0. The van der Waals surface area contributed by atoms with Gasteiger partial charge in [0, 0.05) is 13.7 Å². The van der Waals surface area contributed by atoms with Crippen molar-refractivity contribution in [3.63, 3.8) is 0 Å². The van der Waals surface area contributed by atoms with E-state index in [1.54, 1.807) is 13.4 Å². The fourth-order valence-corrected chi connectivity index (χ4v) is 2.74. The first-order valence-corrected chi connectivity index (χ1v) is 7.43. The molecule has 6 nitrogen and oxygen atoms in total. The van der Waals surface area contributed by atoms with Crippen LogP contribution in [0.3, 0.4) is 0 Å². The van der Waals surface area contributed by atoms with E-state index in [9.17, 15) is 0 Å². The van der Waals surface area contributed by atoms with Crippen molar-refractivity contribution in [1.29, 1.82) is 0 Å². The molecule has 2 aromatic rings. The van der Waals surface area contributed by atoms with E-state index in [-0.39, 0.29) is 11.1 Å². The second-order valence-corrected chi connectivity index (χ2v) is 6.78. The Morgan fingerprint density at radius 2 is 2.10 bits per heavy atom. The minimum Gasteiger partial charge on any atom is -0.376 e. The normalized spacial score (nSPS) is 17.7. The molecule has 0 spiro atoms. The molecule has 21 heavy (non-hydrogen) atoms. The zero-order valence-corrected chi connectivity index (χ0v) is 13.2. The van der Waals surface area contributed by atoms with Crippen LogP contribution in [-0.4, -0.2) is 39.0 Å². The number of fused-ring (bicyclic) bond motifs is 1. The number of methoxy groups -OCH3 is 1. The first kappa shape index (κ1) is 14.3. The Labute approximate surface area is 124 Å². The molecule has 1 aliphatic rings. The van der Waals surface area contributed by atoms with E-state index in [4.69, 9.17) is 4.74 Å². The molecule has 0 unspecified atom stereocenters.